The Morgan fingerprint density at radius 1 is 0.875 bits per heavy atom. The zero-order valence-corrected chi connectivity index (χ0v) is 19.0. The predicted octanol–water partition coefficient (Wildman–Crippen LogP) is 5.32. The van der Waals surface area contributed by atoms with Crippen LogP contribution in [0.25, 0.3) is 0 Å². The first kappa shape index (κ1) is 21.9. The van der Waals surface area contributed by atoms with Crippen LogP contribution in [0.3, 0.4) is 0 Å². The summed E-state index contributed by atoms with van der Waals surface area (Å²) in [6, 6.07) is 28.2. The molecule has 166 valence electrons. The fraction of sp³-hybridized carbons (Fsp3) is 0.321. The Labute approximate surface area is 190 Å². The van der Waals surface area contributed by atoms with Gasteiger partial charge in [-0.3, -0.25) is 4.79 Å². The minimum absolute atomic E-state index is 0.0805. The maximum Gasteiger partial charge on any atom is 0.238 e. The number of ether oxygens (including phenoxy) is 2. The highest BCUT2D eigenvalue weighted by atomic mass is 16.5. The van der Waals surface area contributed by atoms with Gasteiger partial charge in [0.05, 0.1) is 13.7 Å². The van der Waals surface area contributed by atoms with Gasteiger partial charge < -0.3 is 14.4 Å². The van der Waals surface area contributed by atoms with Gasteiger partial charge in [0.2, 0.25) is 5.91 Å². The number of hydrogen-bond donors (Lipinski definition) is 0. The van der Waals surface area contributed by atoms with Gasteiger partial charge in [-0.05, 0) is 43.5 Å². The molecule has 0 N–H and O–H groups in total. The highest BCUT2D eigenvalue weighted by molar-refractivity contribution is 5.95. The van der Waals surface area contributed by atoms with Gasteiger partial charge in [0.1, 0.15) is 5.41 Å². The molecule has 0 aliphatic carbocycles. The van der Waals surface area contributed by atoms with Gasteiger partial charge in [-0.2, -0.15) is 0 Å². The van der Waals surface area contributed by atoms with Crippen LogP contribution in [0.4, 0.5) is 0 Å². The molecule has 1 aliphatic heterocycles. The molecule has 0 unspecified atom stereocenters. The lowest BCUT2D eigenvalue weighted by Gasteiger charge is -2.34. The van der Waals surface area contributed by atoms with E-state index >= 15 is 0 Å². The summed E-state index contributed by atoms with van der Waals surface area (Å²) in [7, 11) is 1.65. The number of rotatable bonds is 8. The minimum atomic E-state index is -0.725. The summed E-state index contributed by atoms with van der Waals surface area (Å²) in [6.07, 6.45) is 0.747. The third-order valence-electron chi connectivity index (χ3n) is 6.50. The predicted molar refractivity (Wildman–Crippen MR) is 127 cm³/mol. The van der Waals surface area contributed by atoms with Gasteiger partial charge in [-0.15, -0.1) is 0 Å². The molecule has 1 heterocycles. The topological polar surface area (TPSA) is 38.8 Å². The fourth-order valence-corrected chi connectivity index (χ4v) is 4.95. The number of likely N-dealkylation sites (tertiary alicyclic amines) is 1. The quantitative estimate of drug-likeness (QED) is 0.487. The molecular weight excluding hydrogens is 398 g/mol. The number of benzene rings is 3. The van der Waals surface area contributed by atoms with Gasteiger partial charge in [0.25, 0.3) is 0 Å². The summed E-state index contributed by atoms with van der Waals surface area (Å²) in [5.41, 5.74) is 1.36. The van der Waals surface area contributed by atoms with E-state index in [0.717, 1.165) is 29.0 Å². The number of nitrogens with zero attached hydrogens (tertiary/aromatic N) is 1. The molecule has 32 heavy (non-hydrogen) atoms. The Morgan fingerprint density at radius 2 is 1.41 bits per heavy atom. The van der Waals surface area contributed by atoms with E-state index in [-0.39, 0.29) is 17.9 Å². The summed E-state index contributed by atoms with van der Waals surface area (Å²) < 4.78 is 11.6. The molecule has 1 fully saturated rings. The van der Waals surface area contributed by atoms with Crippen LogP contribution in [0.15, 0.2) is 84.9 Å². The number of carbonyl (C=O) groups excluding carboxylic acids is 1. The molecule has 4 heteroatoms. The van der Waals surface area contributed by atoms with E-state index in [0.29, 0.717) is 13.2 Å². The first-order chi connectivity index (χ1) is 15.6. The van der Waals surface area contributed by atoms with Crippen molar-refractivity contribution in [2.24, 2.45) is 5.92 Å². The zero-order valence-electron chi connectivity index (χ0n) is 19.0. The van der Waals surface area contributed by atoms with Gasteiger partial charge in [0, 0.05) is 18.5 Å². The van der Waals surface area contributed by atoms with Gasteiger partial charge in [0.15, 0.2) is 11.5 Å². The molecule has 0 aromatic heterocycles. The van der Waals surface area contributed by atoms with Crippen molar-refractivity contribution >= 4 is 5.91 Å². The van der Waals surface area contributed by atoms with Gasteiger partial charge in [-0.25, -0.2) is 0 Å². The Morgan fingerprint density at radius 3 is 1.94 bits per heavy atom. The summed E-state index contributed by atoms with van der Waals surface area (Å²) in [5.74, 6) is 1.70. The van der Waals surface area contributed by atoms with Crippen LogP contribution in [0, 0.1) is 5.92 Å². The number of methoxy groups -OCH3 is 1. The highest BCUT2D eigenvalue weighted by Gasteiger charge is 2.56. The Bertz CT molecular complexity index is 993. The van der Waals surface area contributed by atoms with E-state index < -0.39 is 5.41 Å². The molecule has 1 amide bonds. The lowest BCUT2D eigenvalue weighted by Crippen LogP contribution is -2.43. The van der Waals surface area contributed by atoms with Crippen molar-refractivity contribution in [1.29, 1.82) is 0 Å². The molecule has 0 radical (unpaired) electrons. The van der Waals surface area contributed by atoms with Crippen LogP contribution < -0.4 is 9.47 Å². The van der Waals surface area contributed by atoms with Crippen LogP contribution in [-0.4, -0.2) is 37.1 Å². The SMILES string of the molecule is COc1ccccc1OCC[C@@H]1CN(C(C)C)C(=O)C1(c1ccccc1)c1ccccc1. The summed E-state index contributed by atoms with van der Waals surface area (Å²) in [4.78, 5) is 16.1. The average molecular weight is 430 g/mol. The minimum Gasteiger partial charge on any atom is -0.493 e. The molecular formula is C28H31NO3. The smallest absolute Gasteiger partial charge is 0.238 e. The van der Waals surface area contributed by atoms with Crippen LogP contribution in [-0.2, 0) is 10.2 Å². The molecule has 4 nitrogen and oxygen atoms in total. The number of carbonyl (C=O) groups is 1. The third kappa shape index (κ3) is 3.86. The molecule has 0 saturated carbocycles. The van der Waals surface area contributed by atoms with Crippen LogP contribution in [0.1, 0.15) is 31.4 Å². The first-order valence-corrected chi connectivity index (χ1v) is 11.3. The van der Waals surface area contributed by atoms with Crippen LogP contribution in [0.5, 0.6) is 11.5 Å². The highest BCUT2D eigenvalue weighted by Crippen LogP contribution is 2.48. The Balaban J connectivity index is 1.72. The molecule has 1 saturated heterocycles. The van der Waals surface area contributed by atoms with Gasteiger partial charge >= 0.3 is 0 Å². The second kappa shape index (κ2) is 9.47. The number of amides is 1. The lowest BCUT2D eigenvalue weighted by molar-refractivity contribution is -0.132. The molecule has 3 aromatic rings. The van der Waals surface area contributed by atoms with E-state index in [2.05, 4.69) is 38.1 Å². The standard InChI is InChI=1S/C28H31NO3/c1-21(2)29-20-24(18-19-32-26-17-11-10-16-25(26)31-3)28(27(29)30,22-12-6-4-7-13-22)23-14-8-5-9-15-23/h4-17,21,24H,18-20H2,1-3H3/t24-/m1/s1. The molecule has 1 atom stereocenters. The van der Waals surface area contributed by atoms with Crippen LogP contribution in [0.2, 0.25) is 0 Å². The fourth-order valence-electron chi connectivity index (χ4n) is 4.95. The van der Waals surface area contributed by atoms with E-state index in [4.69, 9.17) is 9.47 Å². The number of hydrogen-bond acceptors (Lipinski definition) is 3. The second-order valence-corrected chi connectivity index (χ2v) is 8.58. The molecule has 1 aliphatic rings. The van der Waals surface area contributed by atoms with E-state index in [1.54, 1.807) is 7.11 Å². The maximum absolute atomic E-state index is 14.1. The van der Waals surface area contributed by atoms with Crippen molar-refractivity contribution in [2.45, 2.75) is 31.7 Å². The number of para-hydroxylation sites is 2. The van der Waals surface area contributed by atoms with Crippen molar-refractivity contribution in [3.8, 4) is 11.5 Å². The summed E-state index contributed by atoms with van der Waals surface area (Å²) >= 11 is 0. The van der Waals surface area contributed by atoms with E-state index in [1.807, 2.05) is 65.6 Å². The van der Waals surface area contributed by atoms with Gasteiger partial charge in [-0.1, -0.05) is 72.8 Å². The molecule has 3 aromatic carbocycles. The Hall–Kier alpha value is -3.27. The summed E-state index contributed by atoms with van der Waals surface area (Å²) in [6.45, 7) is 5.39. The van der Waals surface area contributed by atoms with Crippen LogP contribution >= 0.6 is 0 Å². The van der Waals surface area contributed by atoms with Crippen molar-refractivity contribution in [2.75, 3.05) is 20.3 Å². The normalized spacial score (nSPS) is 17.6. The van der Waals surface area contributed by atoms with E-state index in [9.17, 15) is 4.79 Å². The largest absolute Gasteiger partial charge is 0.493 e. The molecule has 0 spiro atoms. The lowest BCUT2D eigenvalue weighted by atomic mass is 9.66. The molecule has 0 bridgehead atoms. The molecule has 4 rings (SSSR count). The first-order valence-electron chi connectivity index (χ1n) is 11.3. The van der Waals surface area contributed by atoms with Crippen molar-refractivity contribution in [3.63, 3.8) is 0 Å². The Kier molecular flexibility index (Phi) is 6.50. The average Bonchev–Trinajstić information content (AvgIpc) is 3.13. The van der Waals surface area contributed by atoms with Crippen molar-refractivity contribution in [3.05, 3.63) is 96.1 Å². The van der Waals surface area contributed by atoms with E-state index in [1.165, 1.54) is 0 Å². The third-order valence-corrected chi connectivity index (χ3v) is 6.50. The second-order valence-electron chi connectivity index (χ2n) is 8.58. The monoisotopic (exact) mass is 429 g/mol. The zero-order chi connectivity index (χ0) is 22.6. The van der Waals surface area contributed by atoms with Crippen molar-refractivity contribution in [1.82, 2.24) is 4.90 Å². The maximum atomic E-state index is 14.1. The van der Waals surface area contributed by atoms with Crippen molar-refractivity contribution < 1.29 is 14.3 Å². The summed E-state index contributed by atoms with van der Waals surface area (Å²) in [5, 5.41) is 0.